The van der Waals surface area contributed by atoms with E-state index in [1.807, 2.05) is 6.07 Å². The summed E-state index contributed by atoms with van der Waals surface area (Å²) < 4.78 is 0. The van der Waals surface area contributed by atoms with Gasteiger partial charge in [-0.1, -0.05) is 12.1 Å². The Balaban J connectivity index is 2.11. The molecule has 0 spiro atoms. The second-order valence-corrected chi connectivity index (χ2v) is 4.81. The summed E-state index contributed by atoms with van der Waals surface area (Å²) in [6.07, 6.45) is 1.21. The minimum atomic E-state index is -1.07. The molecule has 0 unspecified atom stereocenters. The lowest BCUT2D eigenvalue weighted by molar-refractivity contribution is -0.112. The van der Waals surface area contributed by atoms with Crippen molar-refractivity contribution >= 4 is 23.3 Å². The lowest BCUT2D eigenvalue weighted by Gasteiger charge is -2.06. The number of aromatic carboxylic acids is 1. The number of para-hydroxylation sites is 1. The zero-order valence-electron chi connectivity index (χ0n) is 12.9. The highest BCUT2D eigenvalue weighted by Gasteiger charge is 2.10. The molecule has 25 heavy (non-hydrogen) atoms. The van der Waals surface area contributed by atoms with Crippen LogP contribution in [0.25, 0.3) is 0 Å². The number of benzene rings is 2. The number of carboxylic acid groups (broad SMARTS) is 1. The molecule has 0 aliphatic rings. The fourth-order valence-corrected chi connectivity index (χ4v) is 1.90. The summed E-state index contributed by atoms with van der Waals surface area (Å²) in [5, 5.41) is 32.2. The van der Waals surface area contributed by atoms with Crippen molar-refractivity contribution in [2.75, 3.05) is 10.6 Å². The molecule has 0 aliphatic carbocycles. The molecule has 0 aromatic heterocycles. The Bertz CT molecular complexity index is 919. The van der Waals surface area contributed by atoms with E-state index in [1.165, 1.54) is 30.5 Å². The number of rotatable bonds is 5. The largest absolute Gasteiger partial charge is 0.478 e. The van der Waals surface area contributed by atoms with E-state index in [4.69, 9.17) is 15.6 Å². The first-order chi connectivity index (χ1) is 12.0. The van der Waals surface area contributed by atoms with Crippen LogP contribution in [0.3, 0.4) is 0 Å². The molecule has 0 saturated heterocycles. The van der Waals surface area contributed by atoms with E-state index in [0.29, 0.717) is 16.9 Å². The van der Waals surface area contributed by atoms with Crippen LogP contribution in [-0.4, -0.2) is 17.0 Å². The second-order valence-electron chi connectivity index (χ2n) is 4.81. The molecule has 2 rings (SSSR count). The second kappa shape index (κ2) is 7.95. The van der Waals surface area contributed by atoms with Crippen molar-refractivity contribution in [1.29, 1.82) is 10.5 Å². The van der Waals surface area contributed by atoms with E-state index in [1.54, 1.807) is 30.3 Å². The Morgan fingerprint density at radius 2 is 1.72 bits per heavy atom. The van der Waals surface area contributed by atoms with E-state index in [-0.39, 0.29) is 11.1 Å². The number of carboxylic acids is 1. The molecule has 0 saturated carbocycles. The van der Waals surface area contributed by atoms with Crippen molar-refractivity contribution < 1.29 is 14.7 Å². The lowest BCUT2D eigenvalue weighted by atomic mass is 10.2. The molecule has 0 bridgehead atoms. The topological polar surface area (TPSA) is 126 Å². The number of nitrogens with zero attached hydrogens (tertiary/aromatic N) is 2. The maximum absolute atomic E-state index is 12.1. The van der Waals surface area contributed by atoms with E-state index < -0.39 is 11.9 Å². The van der Waals surface area contributed by atoms with Crippen LogP contribution in [0, 0.1) is 22.7 Å². The summed E-state index contributed by atoms with van der Waals surface area (Å²) in [6.45, 7) is 0. The normalized spacial score (nSPS) is 10.2. The van der Waals surface area contributed by atoms with Gasteiger partial charge in [0.2, 0.25) is 0 Å². The number of hydrogen-bond acceptors (Lipinski definition) is 5. The van der Waals surface area contributed by atoms with E-state index >= 15 is 0 Å². The maximum Gasteiger partial charge on any atom is 0.335 e. The van der Waals surface area contributed by atoms with Crippen molar-refractivity contribution in [3.05, 3.63) is 71.4 Å². The Hall–Kier alpha value is -4.10. The van der Waals surface area contributed by atoms with Gasteiger partial charge in [0.1, 0.15) is 17.7 Å². The molecule has 0 radical (unpaired) electrons. The number of carbonyl (C=O) groups excluding carboxylic acids is 1. The predicted molar refractivity (Wildman–Crippen MR) is 90.5 cm³/mol. The van der Waals surface area contributed by atoms with Crippen molar-refractivity contribution in [3.63, 3.8) is 0 Å². The first-order valence-corrected chi connectivity index (χ1v) is 7.06. The molecule has 7 nitrogen and oxygen atoms in total. The van der Waals surface area contributed by atoms with Crippen LogP contribution in [0.4, 0.5) is 11.4 Å². The van der Waals surface area contributed by atoms with E-state index in [2.05, 4.69) is 10.6 Å². The van der Waals surface area contributed by atoms with Crippen molar-refractivity contribution in [3.8, 4) is 12.1 Å². The SMILES string of the molecule is N#C/C(=C/Nc1ccccc1C#N)C(=O)Nc1ccc(C(=O)O)cc1. The van der Waals surface area contributed by atoms with Crippen molar-refractivity contribution in [2.45, 2.75) is 0 Å². The predicted octanol–water partition coefficient (Wildman–Crippen LogP) is 2.71. The Morgan fingerprint density at radius 3 is 2.32 bits per heavy atom. The third kappa shape index (κ3) is 4.44. The van der Waals surface area contributed by atoms with Gasteiger partial charge in [-0.2, -0.15) is 10.5 Å². The fourth-order valence-electron chi connectivity index (χ4n) is 1.90. The first-order valence-electron chi connectivity index (χ1n) is 7.06. The Morgan fingerprint density at radius 1 is 1.04 bits per heavy atom. The summed E-state index contributed by atoms with van der Waals surface area (Å²) >= 11 is 0. The molecule has 1 amide bonds. The number of nitrogens with one attached hydrogen (secondary N) is 2. The van der Waals surface area contributed by atoms with Crippen LogP contribution in [0.5, 0.6) is 0 Å². The van der Waals surface area contributed by atoms with Crippen LogP contribution in [-0.2, 0) is 4.79 Å². The zero-order valence-corrected chi connectivity index (χ0v) is 12.9. The minimum Gasteiger partial charge on any atom is -0.478 e. The van der Waals surface area contributed by atoms with Crippen LogP contribution in [0.15, 0.2) is 60.3 Å². The molecule has 0 heterocycles. The average Bonchev–Trinajstić information content (AvgIpc) is 2.63. The Kier molecular flexibility index (Phi) is 5.49. The molecular formula is C18H12N4O3. The highest BCUT2D eigenvalue weighted by atomic mass is 16.4. The molecule has 0 atom stereocenters. The maximum atomic E-state index is 12.1. The molecular weight excluding hydrogens is 320 g/mol. The van der Waals surface area contributed by atoms with Gasteiger partial charge in [0.15, 0.2) is 0 Å². The molecule has 122 valence electrons. The first kappa shape index (κ1) is 17.3. The van der Waals surface area contributed by atoms with Gasteiger partial charge >= 0.3 is 5.97 Å². The number of hydrogen-bond donors (Lipinski definition) is 3. The van der Waals surface area contributed by atoms with Gasteiger partial charge in [0.05, 0.1) is 16.8 Å². The summed E-state index contributed by atoms with van der Waals surface area (Å²) in [4.78, 5) is 22.9. The standard InChI is InChI=1S/C18H12N4O3/c19-9-13-3-1-2-4-16(13)21-11-14(10-20)17(23)22-15-7-5-12(6-8-15)18(24)25/h1-8,11,21H,(H,22,23)(H,24,25)/b14-11-. The molecule has 0 fully saturated rings. The van der Waals surface area contributed by atoms with Gasteiger partial charge in [-0.15, -0.1) is 0 Å². The highest BCUT2D eigenvalue weighted by Crippen LogP contribution is 2.15. The third-order valence-corrected chi connectivity index (χ3v) is 3.17. The number of nitriles is 2. The van der Waals surface area contributed by atoms with Crippen molar-refractivity contribution in [1.82, 2.24) is 0 Å². The van der Waals surface area contributed by atoms with Gasteiger partial charge in [-0.3, -0.25) is 4.79 Å². The summed E-state index contributed by atoms with van der Waals surface area (Å²) in [7, 11) is 0. The van der Waals surface area contributed by atoms with Crippen LogP contribution < -0.4 is 10.6 Å². The molecule has 3 N–H and O–H groups in total. The molecule has 7 heteroatoms. The van der Waals surface area contributed by atoms with Gasteiger partial charge in [-0.05, 0) is 36.4 Å². The van der Waals surface area contributed by atoms with E-state index in [9.17, 15) is 9.59 Å². The summed E-state index contributed by atoms with van der Waals surface area (Å²) in [5.74, 6) is -1.73. The summed E-state index contributed by atoms with van der Waals surface area (Å²) in [6, 6.07) is 16.0. The number of amides is 1. The fraction of sp³-hybridized carbons (Fsp3) is 0. The monoisotopic (exact) mass is 332 g/mol. The van der Waals surface area contributed by atoms with E-state index in [0.717, 1.165) is 0 Å². The van der Waals surface area contributed by atoms with Crippen LogP contribution in [0.1, 0.15) is 15.9 Å². The smallest absolute Gasteiger partial charge is 0.335 e. The molecule has 2 aromatic carbocycles. The summed E-state index contributed by atoms with van der Waals surface area (Å²) in [5.41, 5.74) is 1.09. The lowest BCUT2D eigenvalue weighted by Crippen LogP contribution is -2.14. The molecule has 0 aliphatic heterocycles. The highest BCUT2D eigenvalue weighted by molar-refractivity contribution is 6.06. The quantitative estimate of drug-likeness (QED) is 0.571. The number of carbonyl (C=O) groups is 2. The minimum absolute atomic E-state index is 0.0869. The van der Waals surface area contributed by atoms with Gasteiger partial charge in [-0.25, -0.2) is 4.79 Å². The van der Waals surface area contributed by atoms with Crippen LogP contribution >= 0.6 is 0 Å². The van der Waals surface area contributed by atoms with Gasteiger partial charge in [0, 0.05) is 11.9 Å². The van der Waals surface area contributed by atoms with Gasteiger partial charge < -0.3 is 15.7 Å². The van der Waals surface area contributed by atoms with Gasteiger partial charge in [0.25, 0.3) is 5.91 Å². The zero-order chi connectivity index (χ0) is 18.2. The Labute approximate surface area is 143 Å². The van der Waals surface area contributed by atoms with Crippen LogP contribution in [0.2, 0.25) is 0 Å². The van der Waals surface area contributed by atoms with Crippen molar-refractivity contribution in [2.24, 2.45) is 0 Å². The number of anilines is 2. The third-order valence-electron chi connectivity index (χ3n) is 3.17. The molecule has 2 aromatic rings. The average molecular weight is 332 g/mol.